The van der Waals surface area contributed by atoms with Crippen LogP contribution in [0.3, 0.4) is 0 Å². The first-order valence-electron chi connectivity index (χ1n) is 11.2. The summed E-state index contributed by atoms with van der Waals surface area (Å²) in [4.78, 5) is 8.84. The standard InChI is InChI=1S/C25H36N2O3/c1-3-5-6-7-8-9-18-30-24-20-26-25(27-21-24)22-12-14-23(15-13-22)29-19-11-10-17-28-16-4-2/h7-8,12-15,20-21H,3-6,9-11,16-19H2,1-2H3. The van der Waals surface area contributed by atoms with Gasteiger partial charge < -0.3 is 14.2 Å². The highest BCUT2D eigenvalue weighted by molar-refractivity contribution is 5.56. The van der Waals surface area contributed by atoms with E-state index in [1.807, 2.05) is 24.3 Å². The zero-order valence-corrected chi connectivity index (χ0v) is 18.5. The van der Waals surface area contributed by atoms with Gasteiger partial charge in [0, 0.05) is 18.8 Å². The highest BCUT2D eigenvalue weighted by atomic mass is 16.5. The third-order valence-corrected chi connectivity index (χ3v) is 4.49. The van der Waals surface area contributed by atoms with Crippen molar-refractivity contribution in [1.29, 1.82) is 0 Å². The zero-order valence-electron chi connectivity index (χ0n) is 18.5. The van der Waals surface area contributed by atoms with Gasteiger partial charge in [0.2, 0.25) is 0 Å². The van der Waals surface area contributed by atoms with E-state index in [2.05, 4.69) is 36.0 Å². The molecule has 0 aliphatic rings. The highest BCUT2D eigenvalue weighted by Gasteiger charge is 2.03. The van der Waals surface area contributed by atoms with Crippen LogP contribution >= 0.6 is 0 Å². The molecular weight excluding hydrogens is 376 g/mol. The second kappa shape index (κ2) is 15.4. The second-order valence-corrected chi connectivity index (χ2v) is 7.19. The van der Waals surface area contributed by atoms with Crippen LogP contribution in [0, 0.1) is 0 Å². The Hall–Kier alpha value is -2.40. The maximum absolute atomic E-state index is 5.79. The van der Waals surface area contributed by atoms with Crippen LogP contribution in [0.25, 0.3) is 11.4 Å². The van der Waals surface area contributed by atoms with E-state index in [9.17, 15) is 0 Å². The maximum Gasteiger partial charge on any atom is 0.159 e. The predicted octanol–water partition coefficient (Wildman–Crippen LogP) is 6.24. The normalized spacial score (nSPS) is 11.1. The summed E-state index contributed by atoms with van der Waals surface area (Å²) in [7, 11) is 0. The van der Waals surface area contributed by atoms with Gasteiger partial charge in [-0.25, -0.2) is 9.97 Å². The molecule has 0 aliphatic heterocycles. The lowest BCUT2D eigenvalue weighted by Crippen LogP contribution is -2.01. The van der Waals surface area contributed by atoms with Gasteiger partial charge in [-0.3, -0.25) is 0 Å². The van der Waals surface area contributed by atoms with Gasteiger partial charge in [0.05, 0.1) is 25.6 Å². The molecule has 164 valence electrons. The summed E-state index contributed by atoms with van der Waals surface area (Å²) >= 11 is 0. The third kappa shape index (κ3) is 9.88. The number of nitrogens with zero attached hydrogens (tertiary/aromatic N) is 2. The van der Waals surface area contributed by atoms with Gasteiger partial charge in [0.15, 0.2) is 11.6 Å². The van der Waals surface area contributed by atoms with Crippen LogP contribution in [0.2, 0.25) is 0 Å². The average Bonchev–Trinajstić information content (AvgIpc) is 2.79. The summed E-state index contributed by atoms with van der Waals surface area (Å²) in [6.45, 7) is 7.31. The van der Waals surface area contributed by atoms with E-state index < -0.39 is 0 Å². The van der Waals surface area contributed by atoms with Crippen molar-refractivity contribution in [3.8, 4) is 22.9 Å². The number of benzene rings is 1. The van der Waals surface area contributed by atoms with Crippen molar-refractivity contribution in [2.24, 2.45) is 0 Å². The van der Waals surface area contributed by atoms with Crippen LogP contribution < -0.4 is 9.47 Å². The van der Waals surface area contributed by atoms with Crippen molar-refractivity contribution >= 4 is 0 Å². The van der Waals surface area contributed by atoms with Crippen molar-refractivity contribution in [2.45, 2.75) is 58.8 Å². The van der Waals surface area contributed by atoms with Gasteiger partial charge in [0.25, 0.3) is 0 Å². The van der Waals surface area contributed by atoms with Gasteiger partial charge in [-0.15, -0.1) is 0 Å². The van der Waals surface area contributed by atoms with E-state index in [0.717, 1.165) is 56.6 Å². The van der Waals surface area contributed by atoms with E-state index in [4.69, 9.17) is 14.2 Å². The van der Waals surface area contributed by atoms with Crippen LogP contribution in [0.5, 0.6) is 11.5 Å². The topological polar surface area (TPSA) is 53.5 Å². The Kier molecular flexibility index (Phi) is 12.3. The number of ether oxygens (including phenoxy) is 3. The molecule has 0 aliphatic carbocycles. The molecule has 0 saturated heterocycles. The van der Waals surface area contributed by atoms with Crippen molar-refractivity contribution in [2.75, 3.05) is 26.4 Å². The summed E-state index contributed by atoms with van der Waals surface area (Å²) in [6.07, 6.45) is 15.5. The molecule has 0 unspecified atom stereocenters. The molecule has 2 rings (SSSR count). The molecule has 5 heteroatoms. The Labute approximate surface area is 181 Å². The lowest BCUT2D eigenvalue weighted by atomic mass is 10.2. The average molecular weight is 413 g/mol. The highest BCUT2D eigenvalue weighted by Crippen LogP contribution is 2.20. The van der Waals surface area contributed by atoms with Crippen LogP contribution in [0.15, 0.2) is 48.8 Å². The number of unbranched alkanes of at least 4 members (excludes halogenated alkanes) is 3. The number of allylic oxidation sites excluding steroid dienone is 1. The Morgan fingerprint density at radius 3 is 2.13 bits per heavy atom. The van der Waals surface area contributed by atoms with Crippen molar-refractivity contribution < 1.29 is 14.2 Å². The van der Waals surface area contributed by atoms with Gasteiger partial charge in [-0.2, -0.15) is 0 Å². The fraction of sp³-hybridized carbons (Fsp3) is 0.520. The van der Waals surface area contributed by atoms with Gasteiger partial charge in [0.1, 0.15) is 5.75 Å². The lowest BCUT2D eigenvalue weighted by Gasteiger charge is -2.08. The predicted molar refractivity (Wildman–Crippen MR) is 122 cm³/mol. The Morgan fingerprint density at radius 2 is 1.40 bits per heavy atom. The van der Waals surface area contributed by atoms with Gasteiger partial charge >= 0.3 is 0 Å². The number of hydrogen-bond acceptors (Lipinski definition) is 5. The molecule has 30 heavy (non-hydrogen) atoms. The summed E-state index contributed by atoms with van der Waals surface area (Å²) in [6, 6.07) is 7.89. The summed E-state index contributed by atoms with van der Waals surface area (Å²) in [5.41, 5.74) is 0.959. The number of rotatable bonds is 16. The molecule has 0 spiro atoms. The first kappa shape index (κ1) is 23.9. The van der Waals surface area contributed by atoms with Gasteiger partial charge in [-0.05, 0) is 56.4 Å². The van der Waals surface area contributed by atoms with E-state index >= 15 is 0 Å². The Morgan fingerprint density at radius 1 is 0.700 bits per heavy atom. The van der Waals surface area contributed by atoms with Crippen LogP contribution in [-0.4, -0.2) is 36.4 Å². The monoisotopic (exact) mass is 412 g/mol. The Bertz CT molecular complexity index is 699. The fourth-order valence-corrected chi connectivity index (χ4v) is 2.79. The molecule has 0 N–H and O–H groups in total. The molecule has 1 heterocycles. The molecule has 0 radical (unpaired) electrons. The quantitative estimate of drug-likeness (QED) is 0.241. The SMILES string of the molecule is CCCCC=CCCOc1cnc(-c2ccc(OCCCCOCCC)cc2)nc1. The minimum absolute atomic E-state index is 0.641. The molecule has 1 aromatic carbocycles. The zero-order chi connectivity index (χ0) is 21.3. The molecule has 0 saturated carbocycles. The minimum Gasteiger partial charge on any atom is -0.494 e. The van der Waals surface area contributed by atoms with Crippen molar-refractivity contribution in [1.82, 2.24) is 9.97 Å². The summed E-state index contributed by atoms with van der Waals surface area (Å²) in [5, 5.41) is 0. The van der Waals surface area contributed by atoms with Crippen LogP contribution in [0.1, 0.15) is 58.8 Å². The van der Waals surface area contributed by atoms with E-state index in [0.29, 0.717) is 24.8 Å². The van der Waals surface area contributed by atoms with Crippen molar-refractivity contribution in [3.05, 3.63) is 48.8 Å². The van der Waals surface area contributed by atoms with Crippen LogP contribution in [0.4, 0.5) is 0 Å². The maximum atomic E-state index is 5.79. The minimum atomic E-state index is 0.641. The molecule has 0 fully saturated rings. The molecule has 5 nitrogen and oxygen atoms in total. The first-order chi connectivity index (χ1) is 14.8. The smallest absolute Gasteiger partial charge is 0.159 e. The Balaban J connectivity index is 1.68. The molecule has 0 bridgehead atoms. The van der Waals surface area contributed by atoms with E-state index in [1.54, 1.807) is 12.4 Å². The molecule has 2 aromatic rings. The first-order valence-corrected chi connectivity index (χ1v) is 11.2. The van der Waals surface area contributed by atoms with Crippen molar-refractivity contribution in [3.63, 3.8) is 0 Å². The third-order valence-electron chi connectivity index (χ3n) is 4.49. The number of aromatic nitrogens is 2. The summed E-state index contributed by atoms with van der Waals surface area (Å²) < 4.78 is 17.0. The van der Waals surface area contributed by atoms with E-state index in [-0.39, 0.29) is 0 Å². The second-order valence-electron chi connectivity index (χ2n) is 7.19. The van der Waals surface area contributed by atoms with Gasteiger partial charge in [-0.1, -0.05) is 38.8 Å². The lowest BCUT2D eigenvalue weighted by molar-refractivity contribution is 0.127. The van der Waals surface area contributed by atoms with E-state index in [1.165, 1.54) is 12.8 Å². The van der Waals surface area contributed by atoms with Crippen LogP contribution in [-0.2, 0) is 4.74 Å². The largest absolute Gasteiger partial charge is 0.494 e. The summed E-state index contributed by atoms with van der Waals surface area (Å²) in [5.74, 6) is 2.24. The number of hydrogen-bond donors (Lipinski definition) is 0. The fourth-order valence-electron chi connectivity index (χ4n) is 2.79. The molecule has 0 atom stereocenters. The molecule has 1 aromatic heterocycles. The molecular formula is C25H36N2O3. The molecule has 0 amide bonds.